The van der Waals surface area contributed by atoms with Crippen LogP contribution in [0, 0.1) is 10.1 Å². The summed E-state index contributed by atoms with van der Waals surface area (Å²) in [7, 11) is 0. The van der Waals surface area contributed by atoms with Crippen LogP contribution >= 0.6 is 11.8 Å². The van der Waals surface area contributed by atoms with Gasteiger partial charge in [-0.25, -0.2) is 0 Å². The summed E-state index contributed by atoms with van der Waals surface area (Å²) in [6.07, 6.45) is 0. The van der Waals surface area contributed by atoms with E-state index in [0.717, 1.165) is 17.2 Å². The van der Waals surface area contributed by atoms with E-state index in [1.54, 1.807) is 23.9 Å². The molecule has 0 saturated carbocycles. The number of rotatable bonds is 4. The smallest absolute Gasteiger partial charge is 0.269 e. The Morgan fingerprint density at radius 3 is 3.05 bits per heavy atom. The van der Waals surface area contributed by atoms with Crippen molar-refractivity contribution in [3.05, 3.63) is 39.9 Å². The Morgan fingerprint density at radius 1 is 1.63 bits per heavy atom. The Balaban J connectivity index is 2.02. The first-order valence-electron chi connectivity index (χ1n) is 5.94. The van der Waals surface area contributed by atoms with E-state index in [-0.39, 0.29) is 23.7 Å². The molecule has 0 spiro atoms. The van der Waals surface area contributed by atoms with Crippen LogP contribution < -0.4 is 10.6 Å². The molecule has 1 aromatic rings. The van der Waals surface area contributed by atoms with Gasteiger partial charge < -0.3 is 5.32 Å². The summed E-state index contributed by atoms with van der Waals surface area (Å²) in [5.74, 6) is 1.47. The van der Waals surface area contributed by atoms with Gasteiger partial charge in [0.1, 0.15) is 0 Å². The van der Waals surface area contributed by atoms with Crippen LogP contribution in [0.3, 0.4) is 0 Å². The first-order chi connectivity index (χ1) is 9.08. The average molecular weight is 281 g/mol. The molecule has 0 aliphatic carbocycles. The van der Waals surface area contributed by atoms with Crippen LogP contribution in [0.5, 0.6) is 0 Å². The Morgan fingerprint density at radius 2 is 2.42 bits per heavy atom. The molecule has 2 unspecified atom stereocenters. The first kappa shape index (κ1) is 13.8. The molecule has 19 heavy (non-hydrogen) atoms. The summed E-state index contributed by atoms with van der Waals surface area (Å²) in [6.45, 7) is 1.82. The third-order valence-corrected chi connectivity index (χ3v) is 3.91. The van der Waals surface area contributed by atoms with E-state index in [1.807, 2.05) is 6.92 Å². The second kappa shape index (κ2) is 6.03. The third-order valence-electron chi connectivity index (χ3n) is 2.97. The summed E-state index contributed by atoms with van der Waals surface area (Å²) >= 11 is 1.68. The Kier molecular flexibility index (Phi) is 4.39. The maximum absolute atomic E-state index is 11.9. The number of nitro benzene ring substituents is 1. The topological polar surface area (TPSA) is 84.3 Å². The first-order valence-corrected chi connectivity index (χ1v) is 7.09. The van der Waals surface area contributed by atoms with Crippen LogP contribution in [0.1, 0.15) is 18.5 Å². The fourth-order valence-corrected chi connectivity index (χ4v) is 2.81. The molecule has 6 nitrogen and oxygen atoms in total. The molecular formula is C12H15N3O3S. The van der Waals surface area contributed by atoms with Crippen LogP contribution in [0.2, 0.25) is 0 Å². The number of hydrogen-bond acceptors (Lipinski definition) is 5. The van der Waals surface area contributed by atoms with E-state index in [4.69, 9.17) is 0 Å². The van der Waals surface area contributed by atoms with Crippen molar-refractivity contribution in [1.82, 2.24) is 10.6 Å². The normalized spacial score (nSPS) is 19.9. The lowest BCUT2D eigenvalue weighted by atomic mass is 10.1. The van der Waals surface area contributed by atoms with Gasteiger partial charge in [0.2, 0.25) is 5.91 Å². The minimum absolute atomic E-state index is 0.0353. The lowest BCUT2D eigenvalue weighted by Crippen LogP contribution is -2.42. The zero-order valence-electron chi connectivity index (χ0n) is 10.5. The Labute approximate surface area is 115 Å². The number of carbonyl (C=O) groups is 1. The van der Waals surface area contributed by atoms with Gasteiger partial charge in [0, 0.05) is 23.8 Å². The molecule has 7 heteroatoms. The van der Waals surface area contributed by atoms with Gasteiger partial charge >= 0.3 is 0 Å². The molecule has 102 valence electrons. The quantitative estimate of drug-likeness (QED) is 0.644. The van der Waals surface area contributed by atoms with E-state index in [2.05, 4.69) is 10.6 Å². The number of non-ortho nitro benzene ring substituents is 1. The van der Waals surface area contributed by atoms with Crippen molar-refractivity contribution in [1.29, 1.82) is 0 Å². The fraction of sp³-hybridized carbons (Fsp3) is 0.417. The highest BCUT2D eigenvalue weighted by Crippen LogP contribution is 2.19. The van der Waals surface area contributed by atoms with Crippen molar-refractivity contribution < 1.29 is 9.72 Å². The largest absolute Gasteiger partial charge is 0.348 e. The van der Waals surface area contributed by atoms with Crippen molar-refractivity contribution in [2.45, 2.75) is 19.0 Å². The molecular weight excluding hydrogens is 266 g/mol. The van der Waals surface area contributed by atoms with E-state index >= 15 is 0 Å². The standard InChI is InChI=1S/C12H15N3O3S/c1-8(14-12(16)11-6-19-7-13-11)9-3-2-4-10(5-9)15(17)18/h2-5,8,11,13H,6-7H2,1H3,(H,14,16). The van der Waals surface area contributed by atoms with Crippen LogP contribution in [0.25, 0.3) is 0 Å². The third kappa shape index (κ3) is 3.45. The van der Waals surface area contributed by atoms with Gasteiger partial charge in [-0.1, -0.05) is 12.1 Å². The van der Waals surface area contributed by atoms with Crippen molar-refractivity contribution in [2.24, 2.45) is 0 Å². The van der Waals surface area contributed by atoms with Crippen LogP contribution in [0.15, 0.2) is 24.3 Å². The zero-order chi connectivity index (χ0) is 13.8. The van der Waals surface area contributed by atoms with Gasteiger partial charge in [0.15, 0.2) is 0 Å². The van der Waals surface area contributed by atoms with E-state index in [1.165, 1.54) is 12.1 Å². The molecule has 1 amide bonds. The monoisotopic (exact) mass is 281 g/mol. The SMILES string of the molecule is CC(NC(=O)C1CSCN1)c1cccc([N+](=O)[O-])c1. The van der Waals surface area contributed by atoms with E-state index in [9.17, 15) is 14.9 Å². The lowest BCUT2D eigenvalue weighted by Gasteiger charge is -2.17. The highest BCUT2D eigenvalue weighted by atomic mass is 32.2. The number of hydrogen-bond donors (Lipinski definition) is 2. The second-order valence-electron chi connectivity index (χ2n) is 4.35. The molecule has 1 aliphatic heterocycles. The Hall–Kier alpha value is -1.60. The average Bonchev–Trinajstić information content (AvgIpc) is 2.92. The van der Waals surface area contributed by atoms with Crippen molar-refractivity contribution in [3.8, 4) is 0 Å². The number of thioether (sulfide) groups is 1. The molecule has 2 N–H and O–H groups in total. The number of amides is 1. The van der Waals surface area contributed by atoms with Gasteiger partial charge in [-0.05, 0) is 12.5 Å². The molecule has 0 radical (unpaired) electrons. The molecule has 1 saturated heterocycles. The maximum atomic E-state index is 11.9. The predicted octanol–water partition coefficient (Wildman–Crippen LogP) is 1.43. The highest BCUT2D eigenvalue weighted by molar-refractivity contribution is 7.99. The van der Waals surface area contributed by atoms with Gasteiger partial charge in [0.25, 0.3) is 5.69 Å². The van der Waals surface area contributed by atoms with E-state index < -0.39 is 4.92 Å². The minimum atomic E-state index is -0.437. The van der Waals surface area contributed by atoms with Gasteiger partial charge in [-0.2, -0.15) is 0 Å². The molecule has 1 aromatic carbocycles. The summed E-state index contributed by atoms with van der Waals surface area (Å²) in [4.78, 5) is 22.2. The van der Waals surface area contributed by atoms with Crippen molar-refractivity contribution >= 4 is 23.4 Å². The lowest BCUT2D eigenvalue weighted by molar-refractivity contribution is -0.384. The number of nitrogens with one attached hydrogen (secondary N) is 2. The number of carbonyl (C=O) groups excluding carboxylic acids is 1. The van der Waals surface area contributed by atoms with Crippen molar-refractivity contribution in [2.75, 3.05) is 11.6 Å². The maximum Gasteiger partial charge on any atom is 0.269 e. The summed E-state index contributed by atoms with van der Waals surface area (Å²) in [6, 6.07) is 5.90. The Bertz CT molecular complexity index is 489. The van der Waals surface area contributed by atoms with Gasteiger partial charge in [-0.15, -0.1) is 11.8 Å². The van der Waals surface area contributed by atoms with E-state index in [0.29, 0.717) is 0 Å². The zero-order valence-corrected chi connectivity index (χ0v) is 11.3. The minimum Gasteiger partial charge on any atom is -0.348 e. The van der Waals surface area contributed by atoms with Gasteiger partial charge in [0.05, 0.1) is 17.0 Å². The molecule has 2 atom stereocenters. The number of nitro groups is 1. The molecule has 2 rings (SSSR count). The number of benzene rings is 1. The molecule has 1 aliphatic rings. The van der Waals surface area contributed by atoms with Crippen LogP contribution in [-0.2, 0) is 4.79 Å². The fourth-order valence-electron chi connectivity index (χ4n) is 1.87. The molecule has 1 fully saturated rings. The summed E-state index contributed by atoms with van der Waals surface area (Å²) in [5, 5.41) is 16.7. The predicted molar refractivity (Wildman–Crippen MR) is 73.9 cm³/mol. The van der Waals surface area contributed by atoms with Gasteiger partial charge in [-0.3, -0.25) is 20.2 Å². The number of nitrogens with zero attached hydrogens (tertiary/aromatic N) is 1. The van der Waals surface area contributed by atoms with Crippen LogP contribution in [-0.4, -0.2) is 28.5 Å². The molecule has 0 aromatic heterocycles. The summed E-state index contributed by atoms with van der Waals surface area (Å²) in [5.41, 5.74) is 0.765. The van der Waals surface area contributed by atoms with Crippen molar-refractivity contribution in [3.63, 3.8) is 0 Å². The highest BCUT2D eigenvalue weighted by Gasteiger charge is 2.24. The second-order valence-corrected chi connectivity index (χ2v) is 5.38. The molecule has 0 bridgehead atoms. The summed E-state index contributed by atoms with van der Waals surface area (Å²) < 4.78 is 0. The molecule has 1 heterocycles. The van der Waals surface area contributed by atoms with Crippen LogP contribution in [0.4, 0.5) is 5.69 Å².